The van der Waals surface area contributed by atoms with Crippen molar-refractivity contribution < 1.29 is 4.79 Å². The van der Waals surface area contributed by atoms with E-state index in [-0.39, 0.29) is 5.91 Å². The highest BCUT2D eigenvalue weighted by atomic mass is 79.9. The van der Waals surface area contributed by atoms with Crippen molar-refractivity contribution in [1.29, 1.82) is 0 Å². The van der Waals surface area contributed by atoms with Gasteiger partial charge in [-0.25, -0.2) is 0 Å². The van der Waals surface area contributed by atoms with Crippen LogP contribution in [-0.2, 0) is 11.2 Å². The number of fused-ring (bicyclic) bond motifs is 1. The zero-order valence-electron chi connectivity index (χ0n) is 6.03. The smallest absolute Gasteiger partial charge is 0.228 e. The topological polar surface area (TPSA) is 29.1 Å². The summed E-state index contributed by atoms with van der Waals surface area (Å²) in [6.45, 7) is 0. The van der Waals surface area contributed by atoms with E-state index in [1.807, 2.05) is 6.07 Å². The van der Waals surface area contributed by atoms with E-state index < -0.39 is 0 Å². The fourth-order valence-electron chi connectivity index (χ4n) is 1.25. The molecule has 0 aromatic heterocycles. The van der Waals surface area contributed by atoms with Crippen LogP contribution in [0, 0.1) is 0 Å². The minimum absolute atomic E-state index is 0.00111. The molecule has 1 aromatic rings. The molecule has 4 heteroatoms. The molecule has 1 aromatic carbocycles. The third-order valence-electron chi connectivity index (χ3n) is 1.81. The predicted molar refractivity (Wildman–Crippen MR) is 51.5 cm³/mol. The predicted octanol–water partition coefficient (Wildman–Crippen LogP) is 2.60. The number of amides is 1. The Kier molecular flexibility index (Phi) is 1.85. The molecular formula is C8H5BrClNO. The Balaban J connectivity index is 2.64. The van der Waals surface area contributed by atoms with E-state index >= 15 is 0 Å². The first-order valence-corrected chi connectivity index (χ1v) is 4.62. The second-order valence-electron chi connectivity index (χ2n) is 2.61. The van der Waals surface area contributed by atoms with Gasteiger partial charge in [0.1, 0.15) is 0 Å². The lowest BCUT2D eigenvalue weighted by atomic mass is 10.2. The van der Waals surface area contributed by atoms with Gasteiger partial charge in [0.05, 0.1) is 12.1 Å². The van der Waals surface area contributed by atoms with Crippen LogP contribution >= 0.6 is 27.5 Å². The number of anilines is 1. The van der Waals surface area contributed by atoms with Crippen LogP contribution in [0.3, 0.4) is 0 Å². The summed E-state index contributed by atoms with van der Waals surface area (Å²) in [5, 5.41) is 3.38. The quantitative estimate of drug-likeness (QED) is 0.749. The Morgan fingerprint density at radius 2 is 2.25 bits per heavy atom. The number of rotatable bonds is 0. The van der Waals surface area contributed by atoms with Gasteiger partial charge in [-0.2, -0.15) is 0 Å². The SMILES string of the molecule is O=C1Cc2c(Cl)ccc(Br)c2N1. The van der Waals surface area contributed by atoms with Crippen molar-refractivity contribution in [3.63, 3.8) is 0 Å². The monoisotopic (exact) mass is 245 g/mol. The summed E-state index contributed by atoms with van der Waals surface area (Å²) in [5.41, 5.74) is 1.70. The van der Waals surface area contributed by atoms with E-state index in [2.05, 4.69) is 21.2 Å². The molecule has 0 radical (unpaired) electrons. The molecule has 62 valence electrons. The second-order valence-corrected chi connectivity index (χ2v) is 3.87. The highest BCUT2D eigenvalue weighted by Crippen LogP contribution is 2.35. The molecule has 2 rings (SSSR count). The molecular weight excluding hydrogens is 241 g/mol. The summed E-state index contributed by atoms with van der Waals surface area (Å²) in [7, 11) is 0. The minimum atomic E-state index is -0.00111. The van der Waals surface area contributed by atoms with Crippen molar-refractivity contribution in [1.82, 2.24) is 0 Å². The van der Waals surface area contributed by atoms with Gasteiger partial charge in [0.15, 0.2) is 0 Å². The molecule has 0 bridgehead atoms. The Morgan fingerprint density at radius 3 is 2.92 bits per heavy atom. The minimum Gasteiger partial charge on any atom is -0.324 e. The fourth-order valence-corrected chi connectivity index (χ4v) is 1.94. The zero-order valence-corrected chi connectivity index (χ0v) is 8.37. The number of nitrogens with one attached hydrogen (secondary N) is 1. The van der Waals surface area contributed by atoms with Crippen LogP contribution in [0.15, 0.2) is 16.6 Å². The van der Waals surface area contributed by atoms with Gasteiger partial charge in [0.2, 0.25) is 5.91 Å². The van der Waals surface area contributed by atoms with E-state index in [9.17, 15) is 4.79 Å². The molecule has 0 spiro atoms. The van der Waals surface area contributed by atoms with Gasteiger partial charge in [-0.3, -0.25) is 4.79 Å². The third kappa shape index (κ3) is 1.13. The van der Waals surface area contributed by atoms with Crippen LogP contribution in [0.1, 0.15) is 5.56 Å². The molecule has 0 atom stereocenters. The molecule has 0 saturated heterocycles. The van der Waals surface area contributed by atoms with Crippen LogP contribution in [0.5, 0.6) is 0 Å². The summed E-state index contributed by atoms with van der Waals surface area (Å²) in [6, 6.07) is 3.61. The highest BCUT2D eigenvalue weighted by molar-refractivity contribution is 9.10. The maximum absolute atomic E-state index is 11.0. The second kappa shape index (κ2) is 2.75. The van der Waals surface area contributed by atoms with Gasteiger partial charge in [0.25, 0.3) is 0 Å². The van der Waals surface area contributed by atoms with Gasteiger partial charge < -0.3 is 5.32 Å². The van der Waals surface area contributed by atoms with Gasteiger partial charge in [-0.05, 0) is 28.1 Å². The van der Waals surface area contributed by atoms with Crippen molar-refractivity contribution in [3.05, 3.63) is 27.2 Å². The number of hydrogen-bond acceptors (Lipinski definition) is 1. The highest BCUT2D eigenvalue weighted by Gasteiger charge is 2.22. The van der Waals surface area contributed by atoms with Crippen molar-refractivity contribution in [2.24, 2.45) is 0 Å². The summed E-state index contributed by atoms with van der Waals surface area (Å²) >= 11 is 9.23. The van der Waals surface area contributed by atoms with Crippen LogP contribution in [-0.4, -0.2) is 5.91 Å². The van der Waals surface area contributed by atoms with Gasteiger partial charge in [-0.15, -0.1) is 0 Å². The number of halogens is 2. The zero-order chi connectivity index (χ0) is 8.72. The van der Waals surface area contributed by atoms with Gasteiger partial charge >= 0.3 is 0 Å². The number of carbonyl (C=O) groups excluding carboxylic acids is 1. The lowest BCUT2D eigenvalue weighted by Crippen LogP contribution is -2.03. The average Bonchev–Trinajstić information content (AvgIpc) is 2.41. The molecule has 1 aliphatic heterocycles. The van der Waals surface area contributed by atoms with E-state index in [4.69, 9.17) is 11.6 Å². The van der Waals surface area contributed by atoms with Crippen LogP contribution < -0.4 is 5.32 Å². The molecule has 1 heterocycles. The molecule has 0 fully saturated rings. The lowest BCUT2D eigenvalue weighted by molar-refractivity contribution is -0.115. The first-order chi connectivity index (χ1) is 5.68. The third-order valence-corrected chi connectivity index (χ3v) is 2.82. The summed E-state index contributed by atoms with van der Waals surface area (Å²) < 4.78 is 0.882. The van der Waals surface area contributed by atoms with E-state index in [1.165, 1.54) is 0 Å². The van der Waals surface area contributed by atoms with E-state index in [0.29, 0.717) is 11.4 Å². The number of hydrogen-bond donors (Lipinski definition) is 1. The molecule has 2 nitrogen and oxygen atoms in total. The van der Waals surface area contributed by atoms with Crippen LogP contribution in [0.25, 0.3) is 0 Å². The number of benzene rings is 1. The maximum Gasteiger partial charge on any atom is 0.228 e. The first-order valence-electron chi connectivity index (χ1n) is 3.45. The van der Waals surface area contributed by atoms with Gasteiger partial charge in [0, 0.05) is 15.1 Å². The van der Waals surface area contributed by atoms with Crippen LogP contribution in [0.2, 0.25) is 5.02 Å². The molecule has 1 N–H and O–H groups in total. The van der Waals surface area contributed by atoms with E-state index in [1.54, 1.807) is 6.07 Å². The molecule has 0 saturated carbocycles. The normalized spacial score (nSPS) is 14.3. The largest absolute Gasteiger partial charge is 0.324 e. The molecule has 12 heavy (non-hydrogen) atoms. The fraction of sp³-hybridized carbons (Fsp3) is 0.125. The summed E-state index contributed by atoms with van der Waals surface area (Å²) in [5.74, 6) is -0.00111. The molecule has 1 amide bonds. The summed E-state index contributed by atoms with van der Waals surface area (Å²) in [6.07, 6.45) is 0.383. The number of carbonyl (C=O) groups is 1. The van der Waals surface area contributed by atoms with Crippen molar-refractivity contribution in [3.8, 4) is 0 Å². The summed E-state index contributed by atoms with van der Waals surface area (Å²) in [4.78, 5) is 11.0. The van der Waals surface area contributed by atoms with Crippen LogP contribution in [0.4, 0.5) is 5.69 Å². The van der Waals surface area contributed by atoms with Crippen molar-refractivity contribution >= 4 is 39.1 Å². The molecule has 0 unspecified atom stereocenters. The standard InChI is InChI=1S/C8H5BrClNO/c9-5-1-2-6(10)4-3-7(12)11-8(4)5/h1-2H,3H2,(H,11,12). The molecule has 1 aliphatic rings. The van der Waals surface area contributed by atoms with Crippen molar-refractivity contribution in [2.75, 3.05) is 5.32 Å². The molecule has 0 aliphatic carbocycles. The maximum atomic E-state index is 11.0. The van der Waals surface area contributed by atoms with E-state index in [0.717, 1.165) is 15.7 Å². The van der Waals surface area contributed by atoms with Gasteiger partial charge in [-0.1, -0.05) is 11.6 Å². The Labute approximate surface area is 83.0 Å². The average molecular weight is 246 g/mol. The Morgan fingerprint density at radius 1 is 1.50 bits per heavy atom. The lowest BCUT2D eigenvalue weighted by Gasteiger charge is -2.02. The Hall–Kier alpha value is -0.540. The Bertz CT molecular complexity index is 331. The van der Waals surface area contributed by atoms with Crippen molar-refractivity contribution in [2.45, 2.75) is 6.42 Å². The first kappa shape index (κ1) is 8.08.